The number of amides is 1. The fourth-order valence-corrected chi connectivity index (χ4v) is 2.52. The summed E-state index contributed by atoms with van der Waals surface area (Å²) in [4.78, 5) is 26.6. The van der Waals surface area contributed by atoms with E-state index in [1.807, 2.05) is 0 Å². The van der Waals surface area contributed by atoms with Crippen molar-refractivity contribution in [1.29, 1.82) is 0 Å². The number of aromatic carboxylic acids is 1. The molecule has 2 aromatic rings. The van der Waals surface area contributed by atoms with E-state index < -0.39 is 11.9 Å². The largest absolute Gasteiger partial charge is 0.543 e. The fourth-order valence-electron chi connectivity index (χ4n) is 1.50. The third-order valence-electron chi connectivity index (χ3n) is 2.63. The molecule has 0 fully saturated rings. The topological polar surface area (TPSA) is 82.1 Å². The van der Waals surface area contributed by atoms with E-state index in [0.29, 0.717) is 15.7 Å². The van der Waals surface area contributed by atoms with Crippen LogP contribution in [0.4, 0.5) is 5.69 Å². The number of carbonyl (C=O) groups excluding carboxylic acids is 2. The van der Waals surface area contributed by atoms with Gasteiger partial charge in [-0.3, -0.25) is 4.79 Å². The summed E-state index contributed by atoms with van der Waals surface area (Å²) in [6.45, 7) is 1.64. The summed E-state index contributed by atoms with van der Waals surface area (Å²) in [5.74, 6) is -2.24. The highest BCUT2D eigenvalue weighted by atomic mass is 35.5. The zero-order valence-electron chi connectivity index (χ0n) is 10.4. The van der Waals surface area contributed by atoms with Gasteiger partial charge in [0.15, 0.2) is 0 Å². The number of hydrogen-bond acceptors (Lipinski definition) is 5. The van der Waals surface area contributed by atoms with Gasteiger partial charge in [0.1, 0.15) is 5.01 Å². The summed E-state index contributed by atoms with van der Waals surface area (Å²) in [5, 5.41) is 15.5. The van der Waals surface area contributed by atoms with E-state index in [4.69, 9.17) is 11.6 Å². The highest BCUT2D eigenvalue weighted by molar-refractivity contribution is 7.10. The van der Waals surface area contributed by atoms with Crippen molar-refractivity contribution >= 4 is 40.5 Å². The van der Waals surface area contributed by atoms with Crippen LogP contribution in [-0.2, 0) is 4.79 Å². The summed E-state index contributed by atoms with van der Waals surface area (Å²) in [7, 11) is 0. The molecule has 0 aliphatic carbocycles. The summed E-state index contributed by atoms with van der Waals surface area (Å²) < 4.78 is 0. The molecule has 5 nitrogen and oxygen atoms in total. The number of carbonyl (C=O) groups is 2. The number of hydrogen-bond donors (Lipinski definition) is 1. The first-order valence-corrected chi connectivity index (χ1v) is 6.97. The van der Waals surface area contributed by atoms with Gasteiger partial charge in [0.25, 0.3) is 0 Å². The van der Waals surface area contributed by atoms with Gasteiger partial charge in [0.2, 0.25) is 5.91 Å². The van der Waals surface area contributed by atoms with E-state index in [9.17, 15) is 14.7 Å². The number of nitrogens with zero attached hydrogens (tertiary/aromatic N) is 1. The van der Waals surface area contributed by atoms with Gasteiger partial charge in [-0.2, -0.15) is 0 Å². The van der Waals surface area contributed by atoms with E-state index in [2.05, 4.69) is 10.3 Å². The quantitative estimate of drug-likeness (QED) is 0.935. The molecule has 0 radical (unpaired) electrons. The van der Waals surface area contributed by atoms with Crippen LogP contribution in [0.2, 0.25) is 5.02 Å². The van der Waals surface area contributed by atoms with E-state index in [1.54, 1.807) is 31.2 Å². The Balaban J connectivity index is 2.12. The molecule has 0 saturated heterocycles. The second-order valence-corrected chi connectivity index (χ2v) is 5.35. The third kappa shape index (κ3) is 3.15. The first kappa shape index (κ1) is 14.5. The standard InChI is InChI=1S/C13H11ClN2O3S/c1-7(12-16-10(6-20-12)13(18)19)11(17)15-9-5-3-2-4-8(9)14/h2-7H,1H3,(H,15,17)(H,18,19)/p-1/t7-/m1/s1. The van der Waals surface area contributed by atoms with Crippen molar-refractivity contribution in [2.45, 2.75) is 12.8 Å². The van der Waals surface area contributed by atoms with Crippen LogP contribution in [0, 0.1) is 0 Å². The molecule has 1 atom stereocenters. The average Bonchev–Trinajstić information content (AvgIpc) is 2.90. The van der Waals surface area contributed by atoms with Crippen molar-refractivity contribution < 1.29 is 14.7 Å². The normalized spacial score (nSPS) is 11.9. The molecule has 1 amide bonds. The highest BCUT2D eigenvalue weighted by Gasteiger charge is 2.19. The van der Waals surface area contributed by atoms with Crippen molar-refractivity contribution in [1.82, 2.24) is 4.98 Å². The maximum Gasteiger partial charge on any atom is 0.234 e. The van der Waals surface area contributed by atoms with Gasteiger partial charge in [0, 0.05) is 5.38 Å². The first-order valence-electron chi connectivity index (χ1n) is 5.71. The first-order chi connectivity index (χ1) is 9.49. The molecule has 1 aromatic heterocycles. The lowest BCUT2D eigenvalue weighted by Gasteiger charge is -2.11. The molecule has 0 aliphatic rings. The van der Waals surface area contributed by atoms with Crippen LogP contribution in [-0.4, -0.2) is 16.9 Å². The minimum atomic E-state index is -1.36. The smallest absolute Gasteiger partial charge is 0.234 e. The van der Waals surface area contributed by atoms with Crippen molar-refractivity contribution in [2.24, 2.45) is 0 Å². The summed E-state index contributed by atoms with van der Waals surface area (Å²) in [6.07, 6.45) is 0. The number of rotatable bonds is 4. The van der Waals surface area contributed by atoms with Gasteiger partial charge in [-0.05, 0) is 19.1 Å². The molecule has 7 heteroatoms. The number of carboxylic acid groups (broad SMARTS) is 1. The molecule has 0 bridgehead atoms. The van der Waals surface area contributed by atoms with Gasteiger partial charge < -0.3 is 15.2 Å². The second kappa shape index (κ2) is 6.02. The molecule has 0 saturated carbocycles. The summed E-state index contributed by atoms with van der Waals surface area (Å²) in [6, 6.07) is 6.86. The predicted octanol–water partition coefficient (Wildman–Crippen LogP) is 1.90. The van der Waals surface area contributed by atoms with Gasteiger partial charge in [-0.25, -0.2) is 4.98 Å². The van der Waals surface area contributed by atoms with Gasteiger partial charge >= 0.3 is 0 Å². The lowest BCUT2D eigenvalue weighted by Crippen LogP contribution is -2.23. The van der Waals surface area contributed by atoms with Crippen LogP contribution in [0.15, 0.2) is 29.6 Å². The molecule has 1 aromatic carbocycles. The Morgan fingerprint density at radius 1 is 1.40 bits per heavy atom. The Kier molecular flexibility index (Phi) is 4.36. The molecule has 20 heavy (non-hydrogen) atoms. The Morgan fingerprint density at radius 3 is 2.70 bits per heavy atom. The third-order valence-corrected chi connectivity index (χ3v) is 3.98. The number of para-hydroxylation sites is 1. The number of aromatic nitrogens is 1. The maximum atomic E-state index is 12.1. The molecule has 104 valence electrons. The fraction of sp³-hybridized carbons (Fsp3) is 0.154. The number of benzene rings is 1. The van der Waals surface area contributed by atoms with Crippen LogP contribution in [0.1, 0.15) is 28.3 Å². The SMILES string of the molecule is C[C@H](C(=O)Nc1ccccc1Cl)c1nc(C(=O)[O-])cs1. The molecular weight excluding hydrogens is 300 g/mol. The number of carboxylic acids is 1. The van der Waals surface area contributed by atoms with E-state index in [1.165, 1.54) is 5.38 Å². The van der Waals surface area contributed by atoms with Gasteiger partial charge in [-0.1, -0.05) is 23.7 Å². The minimum absolute atomic E-state index is 0.164. The second-order valence-electron chi connectivity index (χ2n) is 4.05. The van der Waals surface area contributed by atoms with E-state index in [0.717, 1.165) is 11.3 Å². The van der Waals surface area contributed by atoms with Crippen LogP contribution in [0.25, 0.3) is 0 Å². The Hall–Kier alpha value is -1.92. The Bertz CT molecular complexity index is 657. The van der Waals surface area contributed by atoms with Crippen molar-refractivity contribution in [3.63, 3.8) is 0 Å². The van der Waals surface area contributed by atoms with Gasteiger partial charge in [-0.15, -0.1) is 11.3 Å². The number of thiazole rings is 1. The van der Waals surface area contributed by atoms with Crippen molar-refractivity contribution in [3.8, 4) is 0 Å². The lowest BCUT2D eigenvalue weighted by molar-refractivity contribution is -0.255. The van der Waals surface area contributed by atoms with Gasteiger partial charge in [0.05, 0.1) is 28.3 Å². The maximum absolute atomic E-state index is 12.1. The summed E-state index contributed by atoms with van der Waals surface area (Å²) in [5.41, 5.74) is 0.338. The number of halogens is 1. The van der Waals surface area contributed by atoms with Crippen molar-refractivity contribution in [2.75, 3.05) is 5.32 Å². The Labute approximate surface area is 124 Å². The zero-order valence-corrected chi connectivity index (χ0v) is 12.0. The Morgan fingerprint density at radius 2 is 2.10 bits per heavy atom. The lowest BCUT2D eigenvalue weighted by atomic mass is 10.1. The number of anilines is 1. The molecule has 1 heterocycles. The van der Waals surface area contributed by atoms with Crippen molar-refractivity contribution in [3.05, 3.63) is 45.4 Å². The monoisotopic (exact) mass is 309 g/mol. The number of nitrogens with one attached hydrogen (secondary N) is 1. The molecule has 0 aliphatic heterocycles. The van der Waals surface area contributed by atoms with Crippen LogP contribution in [0.3, 0.4) is 0 Å². The molecular formula is C13H10ClN2O3S-. The molecule has 2 rings (SSSR count). The summed E-state index contributed by atoms with van der Waals surface area (Å²) >= 11 is 7.05. The molecule has 0 spiro atoms. The van der Waals surface area contributed by atoms with Crippen LogP contribution < -0.4 is 10.4 Å². The zero-order chi connectivity index (χ0) is 14.7. The van der Waals surface area contributed by atoms with Crippen LogP contribution >= 0.6 is 22.9 Å². The minimum Gasteiger partial charge on any atom is -0.543 e. The molecule has 1 N–H and O–H groups in total. The van der Waals surface area contributed by atoms with Crippen LogP contribution in [0.5, 0.6) is 0 Å². The molecule has 0 unspecified atom stereocenters. The van der Waals surface area contributed by atoms with E-state index in [-0.39, 0.29) is 11.6 Å². The van der Waals surface area contributed by atoms with E-state index >= 15 is 0 Å². The average molecular weight is 310 g/mol. The highest BCUT2D eigenvalue weighted by Crippen LogP contribution is 2.25. The predicted molar refractivity (Wildman–Crippen MR) is 74.9 cm³/mol.